The highest BCUT2D eigenvalue weighted by Gasteiger charge is 2.39. The summed E-state index contributed by atoms with van der Waals surface area (Å²) in [5.74, 6) is 0.321. The number of nitrogens with zero attached hydrogens (tertiary/aromatic N) is 2. The van der Waals surface area contributed by atoms with Crippen LogP contribution < -0.4 is 10.2 Å². The third-order valence-corrected chi connectivity index (χ3v) is 8.86. The molecule has 7 nitrogen and oxygen atoms in total. The molecule has 0 radical (unpaired) electrons. The Morgan fingerprint density at radius 1 is 1.00 bits per heavy atom. The summed E-state index contributed by atoms with van der Waals surface area (Å²) in [4.78, 5) is 27.5. The lowest BCUT2D eigenvalue weighted by Gasteiger charge is -2.26. The van der Waals surface area contributed by atoms with Crippen LogP contribution in [-0.4, -0.2) is 44.2 Å². The van der Waals surface area contributed by atoms with Crippen LogP contribution in [0.25, 0.3) is 0 Å². The molecule has 2 aromatic rings. The average Bonchev–Trinajstić information content (AvgIpc) is 3.42. The molecule has 2 heterocycles. The summed E-state index contributed by atoms with van der Waals surface area (Å²) in [5, 5.41) is 2.91. The Morgan fingerprint density at radius 3 is 2.48 bits per heavy atom. The van der Waals surface area contributed by atoms with Crippen LogP contribution in [0.5, 0.6) is 0 Å². The summed E-state index contributed by atoms with van der Waals surface area (Å²) < 4.78 is 27.6. The maximum atomic E-state index is 13.3. The van der Waals surface area contributed by atoms with E-state index in [4.69, 9.17) is 0 Å². The highest BCUT2D eigenvalue weighted by Crippen LogP contribution is 2.38. The second-order valence-electron chi connectivity index (χ2n) is 9.35. The van der Waals surface area contributed by atoms with Crippen LogP contribution in [0.1, 0.15) is 48.5 Å². The Balaban J connectivity index is 1.34. The Labute approximate surface area is 194 Å². The fourth-order valence-corrected chi connectivity index (χ4v) is 6.38. The Hall–Kier alpha value is -2.71. The van der Waals surface area contributed by atoms with Gasteiger partial charge in [-0.2, -0.15) is 4.31 Å². The van der Waals surface area contributed by atoms with Crippen molar-refractivity contribution in [2.75, 3.05) is 29.9 Å². The number of hydrogen-bond acceptors (Lipinski definition) is 4. The quantitative estimate of drug-likeness (QED) is 0.727. The van der Waals surface area contributed by atoms with Gasteiger partial charge in [0.25, 0.3) is 5.91 Å². The first-order valence-corrected chi connectivity index (χ1v) is 13.1. The largest absolute Gasteiger partial charge is 0.326 e. The zero-order valence-corrected chi connectivity index (χ0v) is 19.6. The first kappa shape index (κ1) is 22.1. The molecule has 2 unspecified atom stereocenters. The molecular weight excluding hydrogens is 438 g/mol. The van der Waals surface area contributed by atoms with E-state index >= 15 is 0 Å². The van der Waals surface area contributed by atoms with Crippen molar-refractivity contribution < 1.29 is 18.0 Å². The molecule has 0 bridgehead atoms. The second-order valence-corrected chi connectivity index (χ2v) is 11.3. The number of amides is 2. The number of hydrogen-bond donors (Lipinski definition) is 1. The van der Waals surface area contributed by atoms with E-state index in [0.717, 1.165) is 36.9 Å². The molecule has 33 heavy (non-hydrogen) atoms. The molecule has 1 saturated carbocycles. The lowest BCUT2D eigenvalue weighted by Crippen LogP contribution is -2.35. The van der Waals surface area contributed by atoms with Gasteiger partial charge >= 0.3 is 0 Å². The molecule has 5 rings (SSSR count). The van der Waals surface area contributed by atoms with Crippen molar-refractivity contribution in [1.82, 2.24) is 4.31 Å². The summed E-state index contributed by atoms with van der Waals surface area (Å²) in [6, 6.07) is 12.1. The number of benzene rings is 2. The van der Waals surface area contributed by atoms with E-state index in [1.165, 1.54) is 0 Å². The summed E-state index contributed by atoms with van der Waals surface area (Å²) in [6.07, 6.45) is 4.38. The molecule has 174 valence electrons. The molecule has 8 heteroatoms. The van der Waals surface area contributed by atoms with E-state index in [0.29, 0.717) is 48.1 Å². The van der Waals surface area contributed by atoms with E-state index in [-0.39, 0.29) is 17.7 Å². The van der Waals surface area contributed by atoms with Crippen molar-refractivity contribution >= 4 is 33.2 Å². The standard InChI is InChI=1S/C25H29N3O4S/c1-17-14-22(17)24(29)26-20-7-5-6-19(15-20)25(30)28-13-10-18-16-21(8-9-23(18)28)33(31,32)27-11-3-2-4-12-27/h5-9,15-17,22H,2-4,10-14H2,1H3,(H,26,29). The van der Waals surface area contributed by atoms with Crippen LogP contribution in [0.3, 0.4) is 0 Å². The Bertz CT molecular complexity index is 1200. The highest BCUT2D eigenvalue weighted by atomic mass is 32.2. The van der Waals surface area contributed by atoms with Crippen LogP contribution in [0, 0.1) is 11.8 Å². The number of nitrogens with one attached hydrogen (secondary N) is 1. The predicted molar refractivity (Wildman–Crippen MR) is 127 cm³/mol. The van der Waals surface area contributed by atoms with Gasteiger partial charge in [0.1, 0.15) is 0 Å². The van der Waals surface area contributed by atoms with Crippen LogP contribution in [0.2, 0.25) is 0 Å². The lowest BCUT2D eigenvalue weighted by atomic mass is 10.1. The first-order valence-electron chi connectivity index (χ1n) is 11.7. The number of rotatable bonds is 5. The van der Waals surface area contributed by atoms with Gasteiger partial charge in [0.2, 0.25) is 15.9 Å². The number of anilines is 2. The van der Waals surface area contributed by atoms with Crippen LogP contribution >= 0.6 is 0 Å². The summed E-state index contributed by atoms with van der Waals surface area (Å²) in [5.41, 5.74) is 2.73. The number of carbonyl (C=O) groups is 2. The van der Waals surface area contributed by atoms with Crippen molar-refractivity contribution in [3.63, 3.8) is 0 Å². The fourth-order valence-electron chi connectivity index (χ4n) is 4.81. The zero-order chi connectivity index (χ0) is 23.2. The van der Waals surface area contributed by atoms with Gasteiger partial charge in [0, 0.05) is 42.5 Å². The van der Waals surface area contributed by atoms with Crippen molar-refractivity contribution in [3.8, 4) is 0 Å². The SMILES string of the molecule is CC1CC1C(=O)Nc1cccc(C(=O)N2CCc3cc(S(=O)(=O)N4CCCCC4)ccc32)c1. The maximum Gasteiger partial charge on any atom is 0.258 e. The van der Waals surface area contributed by atoms with Crippen molar-refractivity contribution in [2.45, 2.75) is 43.9 Å². The third-order valence-electron chi connectivity index (χ3n) is 6.97. The molecule has 2 aliphatic heterocycles. The van der Waals surface area contributed by atoms with Crippen LogP contribution in [-0.2, 0) is 21.2 Å². The van der Waals surface area contributed by atoms with Crippen molar-refractivity contribution in [1.29, 1.82) is 0 Å². The predicted octanol–water partition coefficient (Wildman–Crippen LogP) is 3.66. The minimum absolute atomic E-state index is 0.000983. The monoisotopic (exact) mass is 467 g/mol. The number of sulfonamides is 1. The number of fused-ring (bicyclic) bond motifs is 1. The molecule has 2 atom stereocenters. The van der Waals surface area contributed by atoms with Gasteiger partial charge in [-0.25, -0.2) is 8.42 Å². The first-order chi connectivity index (χ1) is 15.8. The van der Waals surface area contributed by atoms with Gasteiger partial charge in [0.05, 0.1) is 4.90 Å². The highest BCUT2D eigenvalue weighted by molar-refractivity contribution is 7.89. The lowest BCUT2D eigenvalue weighted by molar-refractivity contribution is -0.117. The summed E-state index contributed by atoms with van der Waals surface area (Å²) in [6.45, 7) is 3.68. The number of carbonyl (C=O) groups excluding carboxylic acids is 2. The van der Waals surface area contributed by atoms with Crippen molar-refractivity contribution in [2.24, 2.45) is 11.8 Å². The Morgan fingerprint density at radius 2 is 1.76 bits per heavy atom. The molecule has 0 spiro atoms. The number of piperidine rings is 1. The zero-order valence-electron chi connectivity index (χ0n) is 18.8. The van der Waals surface area contributed by atoms with Crippen LogP contribution in [0.4, 0.5) is 11.4 Å². The smallest absolute Gasteiger partial charge is 0.258 e. The van der Waals surface area contributed by atoms with E-state index in [2.05, 4.69) is 12.2 Å². The molecule has 3 aliphatic rings. The van der Waals surface area contributed by atoms with Crippen LogP contribution in [0.15, 0.2) is 47.4 Å². The van der Waals surface area contributed by atoms with E-state index < -0.39 is 10.0 Å². The van der Waals surface area contributed by atoms with Crippen molar-refractivity contribution in [3.05, 3.63) is 53.6 Å². The van der Waals surface area contributed by atoms with E-state index in [1.807, 2.05) is 0 Å². The minimum atomic E-state index is -3.51. The molecule has 2 amide bonds. The molecule has 1 saturated heterocycles. The Kier molecular flexibility index (Phi) is 5.74. The molecular formula is C25H29N3O4S. The van der Waals surface area contributed by atoms with E-state index in [9.17, 15) is 18.0 Å². The van der Waals surface area contributed by atoms with Gasteiger partial charge < -0.3 is 10.2 Å². The molecule has 0 aromatic heterocycles. The third kappa shape index (κ3) is 4.29. The normalized spacial score (nSPS) is 22.6. The fraction of sp³-hybridized carbons (Fsp3) is 0.440. The molecule has 1 N–H and O–H groups in total. The molecule has 2 fully saturated rings. The van der Waals surface area contributed by atoms with Gasteiger partial charge in [-0.15, -0.1) is 0 Å². The molecule has 1 aliphatic carbocycles. The maximum absolute atomic E-state index is 13.3. The minimum Gasteiger partial charge on any atom is -0.326 e. The van der Waals surface area contributed by atoms with Gasteiger partial charge in [-0.05, 0) is 73.6 Å². The topological polar surface area (TPSA) is 86.8 Å². The average molecular weight is 468 g/mol. The molecule has 2 aromatic carbocycles. The van der Waals surface area contributed by atoms with E-state index in [1.54, 1.807) is 51.7 Å². The van der Waals surface area contributed by atoms with Gasteiger partial charge in [-0.1, -0.05) is 19.4 Å². The van der Waals surface area contributed by atoms with Gasteiger partial charge in [0.15, 0.2) is 0 Å². The summed E-state index contributed by atoms with van der Waals surface area (Å²) >= 11 is 0. The summed E-state index contributed by atoms with van der Waals surface area (Å²) in [7, 11) is -3.51. The second kappa shape index (κ2) is 8.57. The van der Waals surface area contributed by atoms with Gasteiger partial charge in [-0.3, -0.25) is 9.59 Å².